The van der Waals surface area contributed by atoms with Gasteiger partial charge in [-0.3, -0.25) is 4.90 Å². The molecule has 2 amide bonds. The van der Waals surface area contributed by atoms with Crippen molar-refractivity contribution in [2.75, 3.05) is 32.7 Å². The van der Waals surface area contributed by atoms with E-state index < -0.39 is 0 Å². The molecular formula is C21H30N4O. The van der Waals surface area contributed by atoms with Crippen LogP contribution >= 0.6 is 0 Å². The van der Waals surface area contributed by atoms with Gasteiger partial charge in [0, 0.05) is 25.6 Å². The summed E-state index contributed by atoms with van der Waals surface area (Å²) < 4.78 is 0. The lowest BCUT2D eigenvalue weighted by atomic mass is 9.95. The maximum absolute atomic E-state index is 12.6. The van der Waals surface area contributed by atoms with Gasteiger partial charge in [0.05, 0.1) is 12.1 Å². The van der Waals surface area contributed by atoms with E-state index in [0.717, 1.165) is 31.8 Å². The Morgan fingerprint density at radius 2 is 1.81 bits per heavy atom. The van der Waals surface area contributed by atoms with Crippen molar-refractivity contribution < 1.29 is 4.79 Å². The van der Waals surface area contributed by atoms with E-state index in [4.69, 9.17) is 5.26 Å². The van der Waals surface area contributed by atoms with Crippen LogP contribution in [-0.4, -0.2) is 48.6 Å². The average Bonchev–Trinajstić information content (AvgIpc) is 2.70. The highest BCUT2D eigenvalue weighted by Crippen LogP contribution is 2.26. The van der Waals surface area contributed by atoms with E-state index in [1.807, 2.05) is 11.0 Å². The fourth-order valence-electron chi connectivity index (χ4n) is 3.98. The normalized spacial score (nSPS) is 21.2. The molecule has 0 aliphatic carbocycles. The van der Waals surface area contributed by atoms with Crippen LogP contribution in [0.2, 0.25) is 0 Å². The van der Waals surface area contributed by atoms with Gasteiger partial charge < -0.3 is 10.2 Å². The molecule has 1 aromatic rings. The number of hydrogen-bond donors (Lipinski definition) is 1. The van der Waals surface area contributed by atoms with Gasteiger partial charge in [-0.2, -0.15) is 5.26 Å². The number of urea groups is 1. The van der Waals surface area contributed by atoms with Crippen molar-refractivity contribution in [3.63, 3.8) is 0 Å². The average molecular weight is 354 g/mol. The number of hydrogen-bond acceptors (Lipinski definition) is 3. The van der Waals surface area contributed by atoms with E-state index in [9.17, 15) is 4.79 Å². The van der Waals surface area contributed by atoms with Gasteiger partial charge in [0.25, 0.3) is 0 Å². The van der Waals surface area contributed by atoms with Crippen LogP contribution in [0.5, 0.6) is 0 Å². The minimum Gasteiger partial charge on any atom is -0.336 e. The van der Waals surface area contributed by atoms with Gasteiger partial charge in [-0.25, -0.2) is 4.79 Å². The first-order chi connectivity index (χ1) is 12.7. The second kappa shape index (κ2) is 9.05. The van der Waals surface area contributed by atoms with Crippen molar-refractivity contribution >= 4 is 6.03 Å². The SMILES string of the molecule is CC1CCN([C@H](CNC(=O)N2CCC(C#N)CC2)c2ccccc2)CC1. The number of amides is 2. The zero-order valence-electron chi connectivity index (χ0n) is 15.7. The third-order valence-corrected chi connectivity index (χ3v) is 5.85. The highest BCUT2D eigenvalue weighted by Gasteiger charge is 2.27. The molecule has 2 heterocycles. The van der Waals surface area contributed by atoms with Gasteiger partial charge in [-0.15, -0.1) is 0 Å². The van der Waals surface area contributed by atoms with Crippen molar-refractivity contribution in [2.24, 2.45) is 11.8 Å². The number of nitrogens with zero attached hydrogens (tertiary/aromatic N) is 3. The minimum absolute atomic E-state index is 0.00713. The molecule has 2 fully saturated rings. The highest BCUT2D eigenvalue weighted by atomic mass is 16.2. The Morgan fingerprint density at radius 3 is 2.42 bits per heavy atom. The highest BCUT2D eigenvalue weighted by molar-refractivity contribution is 5.74. The summed E-state index contributed by atoms with van der Waals surface area (Å²) in [4.78, 5) is 16.9. The molecule has 26 heavy (non-hydrogen) atoms. The molecule has 140 valence electrons. The first-order valence-corrected chi connectivity index (χ1v) is 9.88. The molecule has 0 radical (unpaired) electrons. The summed E-state index contributed by atoms with van der Waals surface area (Å²) in [5.41, 5.74) is 1.27. The lowest BCUT2D eigenvalue weighted by Gasteiger charge is -2.37. The van der Waals surface area contributed by atoms with Crippen molar-refractivity contribution in [3.05, 3.63) is 35.9 Å². The molecule has 1 N–H and O–H groups in total. The summed E-state index contributed by atoms with van der Waals surface area (Å²) in [7, 11) is 0. The molecule has 1 aromatic carbocycles. The van der Waals surface area contributed by atoms with Gasteiger partial charge in [-0.05, 0) is 50.3 Å². The lowest BCUT2D eigenvalue weighted by Crippen LogP contribution is -2.48. The summed E-state index contributed by atoms with van der Waals surface area (Å²) in [5, 5.41) is 12.2. The molecule has 0 aromatic heterocycles. The third kappa shape index (κ3) is 4.76. The summed E-state index contributed by atoms with van der Waals surface area (Å²) in [6, 6.07) is 13.1. The zero-order chi connectivity index (χ0) is 18.4. The Hall–Kier alpha value is -2.06. The standard InChI is InChI=1S/C21H30N4O/c1-17-7-11-24(12-8-17)20(19-5-3-2-4-6-19)16-23-21(26)25-13-9-18(15-22)10-14-25/h2-6,17-18,20H,7-14,16H2,1H3,(H,23,26)/t20-/m1/s1. The van der Waals surface area contributed by atoms with E-state index in [-0.39, 0.29) is 18.0 Å². The second-order valence-corrected chi connectivity index (χ2v) is 7.72. The number of carbonyl (C=O) groups excluding carboxylic acids is 1. The van der Waals surface area contributed by atoms with Gasteiger partial charge in [-0.1, -0.05) is 37.3 Å². The number of nitriles is 1. The van der Waals surface area contributed by atoms with E-state index in [2.05, 4.69) is 47.5 Å². The van der Waals surface area contributed by atoms with Crippen LogP contribution in [0.3, 0.4) is 0 Å². The van der Waals surface area contributed by atoms with Crippen LogP contribution in [0.15, 0.2) is 30.3 Å². The predicted octanol–water partition coefficient (Wildman–Crippen LogP) is 3.40. The van der Waals surface area contributed by atoms with Crippen LogP contribution in [-0.2, 0) is 0 Å². The second-order valence-electron chi connectivity index (χ2n) is 7.72. The van der Waals surface area contributed by atoms with Crippen LogP contribution < -0.4 is 5.32 Å². The number of benzene rings is 1. The quantitative estimate of drug-likeness (QED) is 0.901. The fraction of sp³-hybridized carbons (Fsp3) is 0.619. The molecule has 2 aliphatic heterocycles. The fourth-order valence-corrected chi connectivity index (χ4v) is 3.98. The summed E-state index contributed by atoms with van der Waals surface area (Å²) in [6.45, 7) is 6.49. The molecule has 2 aliphatic rings. The smallest absolute Gasteiger partial charge is 0.317 e. The Bertz CT molecular complexity index is 611. The zero-order valence-corrected chi connectivity index (χ0v) is 15.7. The molecular weight excluding hydrogens is 324 g/mol. The Labute approximate surface area is 157 Å². The summed E-state index contributed by atoms with van der Waals surface area (Å²) >= 11 is 0. The Morgan fingerprint density at radius 1 is 1.15 bits per heavy atom. The van der Waals surface area contributed by atoms with Crippen molar-refractivity contribution in [1.82, 2.24) is 15.1 Å². The van der Waals surface area contributed by atoms with Crippen LogP contribution in [0.1, 0.15) is 44.2 Å². The lowest BCUT2D eigenvalue weighted by molar-refractivity contribution is 0.131. The molecule has 0 saturated carbocycles. The van der Waals surface area contributed by atoms with Gasteiger partial charge in [0.1, 0.15) is 0 Å². The maximum atomic E-state index is 12.6. The van der Waals surface area contributed by atoms with Crippen molar-refractivity contribution in [3.8, 4) is 6.07 Å². The van der Waals surface area contributed by atoms with Crippen molar-refractivity contribution in [1.29, 1.82) is 5.26 Å². The largest absolute Gasteiger partial charge is 0.336 e. The van der Waals surface area contributed by atoms with Crippen LogP contribution in [0.4, 0.5) is 4.79 Å². The van der Waals surface area contributed by atoms with Crippen LogP contribution in [0.25, 0.3) is 0 Å². The van der Waals surface area contributed by atoms with E-state index in [0.29, 0.717) is 19.6 Å². The Balaban J connectivity index is 1.59. The van der Waals surface area contributed by atoms with Crippen LogP contribution in [0, 0.1) is 23.2 Å². The molecule has 1 atom stereocenters. The topological polar surface area (TPSA) is 59.4 Å². The first-order valence-electron chi connectivity index (χ1n) is 9.88. The molecule has 5 nitrogen and oxygen atoms in total. The molecule has 3 rings (SSSR count). The monoisotopic (exact) mass is 354 g/mol. The molecule has 0 spiro atoms. The van der Waals surface area contributed by atoms with E-state index in [1.54, 1.807) is 0 Å². The number of piperidine rings is 2. The third-order valence-electron chi connectivity index (χ3n) is 5.85. The Kier molecular flexibility index (Phi) is 6.51. The summed E-state index contributed by atoms with van der Waals surface area (Å²) in [6.07, 6.45) is 4.02. The molecule has 2 saturated heterocycles. The van der Waals surface area contributed by atoms with Gasteiger partial charge in [0.2, 0.25) is 0 Å². The van der Waals surface area contributed by atoms with E-state index in [1.165, 1.54) is 18.4 Å². The molecule has 0 bridgehead atoms. The van der Waals surface area contributed by atoms with Gasteiger partial charge >= 0.3 is 6.03 Å². The number of rotatable bonds is 4. The maximum Gasteiger partial charge on any atom is 0.317 e. The number of nitrogens with one attached hydrogen (secondary N) is 1. The molecule has 5 heteroatoms. The number of likely N-dealkylation sites (tertiary alicyclic amines) is 2. The van der Waals surface area contributed by atoms with E-state index >= 15 is 0 Å². The molecule has 0 unspecified atom stereocenters. The summed E-state index contributed by atoms with van der Waals surface area (Å²) in [5.74, 6) is 0.894. The number of carbonyl (C=O) groups is 1. The van der Waals surface area contributed by atoms with Crippen molar-refractivity contribution in [2.45, 2.75) is 38.6 Å². The minimum atomic E-state index is 0.00713. The van der Waals surface area contributed by atoms with Gasteiger partial charge in [0.15, 0.2) is 0 Å². The predicted molar refractivity (Wildman–Crippen MR) is 102 cm³/mol. The first kappa shape index (κ1) is 18.7.